The molecule has 0 aliphatic carbocycles. The number of primary amides is 1. The number of alkyl halides is 6. The smallest absolute Gasteiger partial charge is 0.417 e. The minimum atomic E-state index is -5.34. The number of hydrogen-bond donors (Lipinski definition) is 3. The van der Waals surface area contributed by atoms with Crippen molar-refractivity contribution in [3.8, 4) is 0 Å². The largest absolute Gasteiger partial charge is 0.454 e. The number of Topliss-reactive ketones (excluding diaryl/α,β-unsaturated/α-hetero) is 1. The van der Waals surface area contributed by atoms with Crippen LogP contribution in [-0.4, -0.2) is 48.2 Å². The van der Waals surface area contributed by atoms with Crippen molar-refractivity contribution < 1.29 is 55.1 Å². The van der Waals surface area contributed by atoms with Crippen molar-refractivity contribution in [1.29, 1.82) is 0 Å². The fourth-order valence-corrected chi connectivity index (χ4v) is 3.22. The molecule has 9 nitrogen and oxygen atoms in total. The second kappa shape index (κ2) is 12.5. The van der Waals surface area contributed by atoms with E-state index >= 15 is 0 Å². The predicted octanol–water partition coefficient (Wildman–Crippen LogP) is 2.36. The second-order valence-corrected chi connectivity index (χ2v) is 8.38. The maximum atomic E-state index is 13.3. The Morgan fingerprint density at radius 2 is 1.43 bits per heavy atom. The highest BCUT2D eigenvalue weighted by atomic mass is 19.4. The predicted molar refractivity (Wildman–Crippen MR) is 115 cm³/mol. The Labute approximate surface area is 207 Å². The summed E-state index contributed by atoms with van der Waals surface area (Å²) >= 11 is 0. The number of nitrogens with one attached hydrogen (secondary N) is 2. The number of rotatable bonds is 11. The Balaban J connectivity index is 3.18. The molecule has 1 rings (SSSR count). The number of nitrogens with two attached hydrogens (primary N) is 1. The first kappa shape index (κ1) is 31.4. The van der Waals surface area contributed by atoms with Gasteiger partial charge >= 0.3 is 18.3 Å². The molecule has 0 aliphatic rings. The molecule has 0 fully saturated rings. The third kappa shape index (κ3) is 9.73. The van der Waals surface area contributed by atoms with Gasteiger partial charge in [-0.2, -0.15) is 26.3 Å². The van der Waals surface area contributed by atoms with Gasteiger partial charge in [-0.15, -0.1) is 0 Å². The molecule has 0 spiro atoms. The van der Waals surface area contributed by atoms with Crippen LogP contribution in [0.25, 0.3) is 0 Å². The quantitative estimate of drug-likeness (QED) is 0.290. The van der Waals surface area contributed by atoms with Crippen molar-refractivity contribution in [2.24, 2.45) is 11.7 Å². The van der Waals surface area contributed by atoms with E-state index in [1.54, 1.807) is 13.8 Å². The van der Waals surface area contributed by atoms with Gasteiger partial charge in [0.25, 0.3) is 0 Å². The van der Waals surface area contributed by atoms with E-state index in [4.69, 9.17) is 5.73 Å². The molecule has 2 atom stereocenters. The fourth-order valence-electron chi connectivity index (χ4n) is 3.22. The number of amides is 3. The highest BCUT2D eigenvalue weighted by Crippen LogP contribution is 2.39. The van der Waals surface area contributed by atoms with Gasteiger partial charge in [-0.05, 0) is 24.5 Å². The van der Waals surface area contributed by atoms with Gasteiger partial charge in [-0.25, -0.2) is 4.79 Å². The number of esters is 1. The lowest BCUT2D eigenvalue weighted by atomic mass is 9.99. The van der Waals surface area contributed by atoms with Crippen LogP contribution >= 0.6 is 0 Å². The minimum absolute atomic E-state index is 0.0849. The van der Waals surface area contributed by atoms with E-state index in [0.717, 1.165) is 6.92 Å². The lowest BCUT2D eigenvalue weighted by Gasteiger charge is -2.23. The summed E-state index contributed by atoms with van der Waals surface area (Å²) in [4.78, 5) is 60.1. The molecule has 206 valence electrons. The van der Waals surface area contributed by atoms with Crippen LogP contribution in [0.1, 0.15) is 55.1 Å². The van der Waals surface area contributed by atoms with Crippen LogP contribution in [0.4, 0.5) is 26.3 Å². The third-order valence-electron chi connectivity index (χ3n) is 4.74. The third-order valence-corrected chi connectivity index (χ3v) is 4.74. The van der Waals surface area contributed by atoms with Gasteiger partial charge in [0.1, 0.15) is 6.04 Å². The molecule has 1 unspecified atom stereocenters. The molecule has 3 amide bonds. The van der Waals surface area contributed by atoms with Crippen LogP contribution in [0.2, 0.25) is 0 Å². The van der Waals surface area contributed by atoms with E-state index in [1.165, 1.54) is 0 Å². The molecular formula is C22H25F6N3O6. The van der Waals surface area contributed by atoms with E-state index < -0.39 is 83.6 Å². The van der Waals surface area contributed by atoms with Crippen molar-refractivity contribution >= 4 is 29.5 Å². The maximum absolute atomic E-state index is 13.3. The normalized spacial score (nSPS) is 13.5. The van der Waals surface area contributed by atoms with Crippen LogP contribution in [0.3, 0.4) is 0 Å². The summed E-state index contributed by atoms with van der Waals surface area (Å²) in [7, 11) is 0. The number of carbonyl (C=O) groups is 5. The Morgan fingerprint density at radius 3 is 1.84 bits per heavy atom. The van der Waals surface area contributed by atoms with Crippen molar-refractivity contribution in [1.82, 2.24) is 10.6 Å². The average Bonchev–Trinajstić information content (AvgIpc) is 2.73. The van der Waals surface area contributed by atoms with Crippen LogP contribution in [0.5, 0.6) is 0 Å². The zero-order valence-electron chi connectivity index (χ0n) is 19.9. The molecule has 1 aromatic rings. The molecule has 37 heavy (non-hydrogen) atoms. The first-order valence-electron chi connectivity index (χ1n) is 10.7. The SMILES string of the molecule is CC(=O)NC(CC(N)=O)C(=O)N[C@@H](CC(C)C)C(=O)COC(=O)c1c(C(F)(F)F)cccc1C(F)(F)F. The number of benzene rings is 1. The van der Waals surface area contributed by atoms with Gasteiger partial charge < -0.3 is 21.1 Å². The summed E-state index contributed by atoms with van der Waals surface area (Å²) in [6, 6.07) is -1.90. The molecule has 0 saturated heterocycles. The minimum Gasteiger partial charge on any atom is -0.454 e. The monoisotopic (exact) mass is 541 g/mol. The number of carbonyl (C=O) groups excluding carboxylic acids is 5. The summed E-state index contributed by atoms with van der Waals surface area (Å²) in [6.07, 6.45) is -11.4. The maximum Gasteiger partial charge on any atom is 0.417 e. The summed E-state index contributed by atoms with van der Waals surface area (Å²) in [5.41, 5.74) is -0.580. The highest BCUT2D eigenvalue weighted by Gasteiger charge is 2.43. The number of hydrogen-bond acceptors (Lipinski definition) is 6. The highest BCUT2D eigenvalue weighted by molar-refractivity contribution is 5.97. The van der Waals surface area contributed by atoms with Gasteiger partial charge in [-0.3, -0.25) is 19.2 Å². The van der Waals surface area contributed by atoms with Gasteiger partial charge in [0.05, 0.1) is 29.2 Å². The first-order chi connectivity index (χ1) is 16.8. The first-order valence-corrected chi connectivity index (χ1v) is 10.7. The fraction of sp³-hybridized carbons (Fsp3) is 0.500. The summed E-state index contributed by atoms with van der Waals surface area (Å²) < 4.78 is 84.3. The van der Waals surface area contributed by atoms with Gasteiger partial charge in [-0.1, -0.05) is 19.9 Å². The molecule has 0 bridgehead atoms. The summed E-state index contributed by atoms with van der Waals surface area (Å²) in [5.74, 6) is -6.06. The average molecular weight is 541 g/mol. The van der Waals surface area contributed by atoms with E-state index in [2.05, 4.69) is 15.4 Å². The zero-order chi connectivity index (χ0) is 28.7. The molecule has 4 N–H and O–H groups in total. The van der Waals surface area contributed by atoms with Crippen LogP contribution in [0, 0.1) is 5.92 Å². The van der Waals surface area contributed by atoms with Crippen molar-refractivity contribution in [2.75, 3.05) is 6.61 Å². The second-order valence-electron chi connectivity index (χ2n) is 8.38. The standard InChI is InChI=1S/C22H25F6N3O6/c1-10(2)7-14(31-19(35)15(8-17(29)34)30-11(3)32)16(33)9-37-20(36)18-12(21(23,24)25)5-4-6-13(18)22(26,27)28/h4-6,10,14-15H,7-9H2,1-3H3,(H2,29,34)(H,30,32)(H,31,35)/t14-,15?/m0/s1. The van der Waals surface area contributed by atoms with Crippen LogP contribution < -0.4 is 16.4 Å². The Morgan fingerprint density at radius 1 is 0.919 bits per heavy atom. The topological polar surface area (TPSA) is 145 Å². The van der Waals surface area contributed by atoms with E-state index in [9.17, 15) is 50.3 Å². The Bertz CT molecular complexity index is 990. The lowest BCUT2D eigenvalue weighted by Crippen LogP contribution is -2.53. The summed E-state index contributed by atoms with van der Waals surface area (Å²) in [5, 5.41) is 4.39. The molecule has 0 radical (unpaired) electrons. The van der Waals surface area contributed by atoms with E-state index in [0.29, 0.717) is 6.07 Å². The zero-order valence-corrected chi connectivity index (χ0v) is 19.9. The van der Waals surface area contributed by atoms with E-state index in [-0.39, 0.29) is 24.5 Å². The lowest BCUT2D eigenvalue weighted by molar-refractivity contribution is -0.144. The Hall–Kier alpha value is -3.65. The van der Waals surface area contributed by atoms with Crippen molar-refractivity contribution in [3.05, 3.63) is 34.9 Å². The molecule has 0 aliphatic heterocycles. The van der Waals surface area contributed by atoms with Crippen molar-refractivity contribution in [2.45, 2.75) is 58.0 Å². The van der Waals surface area contributed by atoms with Crippen LogP contribution in [0.15, 0.2) is 18.2 Å². The van der Waals surface area contributed by atoms with E-state index in [1.807, 2.05) is 0 Å². The molecule has 0 aromatic heterocycles. The molecule has 1 aromatic carbocycles. The summed E-state index contributed by atoms with van der Waals surface area (Å²) in [6.45, 7) is 3.02. The molecule has 15 heteroatoms. The number of ether oxygens (including phenoxy) is 1. The molecular weight excluding hydrogens is 516 g/mol. The molecule has 0 saturated carbocycles. The van der Waals surface area contributed by atoms with Crippen molar-refractivity contribution in [3.63, 3.8) is 0 Å². The van der Waals surface area contributed by atoms with Gasteiger partial charge in [0, 0.05) is 6.92 Å². The number of halogens is 6. The van der Waals surface area contributed by atoms with Crippen LogP contribution in [-0.2, 0) is 36.3 Å². The van der Waals surface area contributed by atoms with Gasteiger partial charge in [0.2, 0.25) is 17.7 Å². The molecule has 0 heterocycles. The Kier molecular flexibility index (Phi) is 10.6. The number of ketones is 1. The van der Waals surface area contributed by atoms with Gasteiger partial charge in [0.15, 0.2) is 12.4 Å².